The standard InChI is InChI=1S/C13H13O5/c1-17-10(14)6-9-7-4-3-5-8(7)12(15)11(9)13(16)18-2/h3-5,9,11H,6H2,1-2H3/t9-,11?/m0/s1. The lowest BCUT2D eigenvalue weighted by atomic mass is 9.85. The summed E-state index contributed by atoms with van der Waals surface area (Å²) >= 11 is 0. The monoisotopic (exact) mass is 249 g/mol. The molecule has 0 heterocycles. The Morgan fingerprint density at radius 1 is 1.22 bits per heavy atom. The van der Waals surface area contributed by atoms with Crippen LogP contribution in [0.25, 0.3) is 0 Å². The first-order valence-corrected chi connectivity index (χ1v) is 5.54. The maximum atomic E-state index is 12.1. The lowest BCUT2D eigenvalue weighted by Crippen LogP contribution is -2.29. The van der Waals surface area contributed by atoms with Crippen LogP contribution in [0.15, 0.2) is 0 Å². The van der Waals surface area contributed by atoms with E-state index in [-0.39, 0.29) is 12.2 Å². The SMILES string of the molecule is COC(=O)C[C@H]1[C]2[CH][CH][CH][C]2C(=O)C1C(=O)OC. The van der Waals surface area contributed by atoms with E-state index in [0.717, 1.165) is 5.92 Å². The Labute approximate surface area is 106 Å². The molecule has 2 saturated carbocycles. The summed E-state index contributed by atoms with van der Waals surface area (Å²) in [5, 5.41) is 0. The Hall–Kier alpha value is -1.39. The first kappa shape index (κ1) is 13.1. The van der Waals surface area contributed by atoms with Gasteiger partial charge in [-0.3, -0.25) is 14.4 Å². The molecular formula is C13H13O5. The van der Waals surface area contributed by atoms with E-state index in [0.29, 0.717) is 5.92 Å². The smallest absolute Gasteiger partial charge is 0.316 e. The molecule has 0 aromatic carbocycles. The van der Waals surface area contributed by atoms with Gasteiger partial charge in [0.25, 0.3) is 0 Å². The minimum Gasteiger partial charge on any atom is -0.469 e. The van der Waals surface area contributed by atoms with Crippen LogP contribution in [0.4, 0.5) is 0 Å². The molecule has 0 saturated heterocycles. The summed E-state index contributed by atoms with van der Waals surface area (Å²) in [5.74, 6) is -1.53. The molecule has 2 fully saturated rings. The summed E-state index contributed by atoms with van der Waals surface area (Å²) in [4.78, 5) is 35.1. The van der Waals surface area contributed by atoms with Crippen molar-refractivity contribution in [3.8, 4) is 0 Å². The predicted octanol–water partition coefficient (Wildman–Crippen LogP) is 0.313. The van der Waals surface area contributed by atoms with E-state index in [1.54, 1.807) is 19.3 Å². The van der Waals surface area contributed by atoms with Crippen LogP contribution in [0.2, 0.25) is 0 Å². The normalized spacial score (nSPS) is 28.2. The second-order valence-electron chi connectivity index (χ2n) is 4.15. The van der Waals surface area contributed by atoms with E-state index >= 15 is 0 Å². The van der Waals surface area contributed by atoms with Crippen molar-refractivity contribution in [1.29, 1.82) is 0 Å². The molecule has 5 heteroatoms. The lowest BCUT2D eigenvalue weighted by Gasteiger charge is -2.19. The van der Waals surface area contributed by atoms with Gasteiger partial charge in [0.2, 0.25) is 0 Å². The summed E-state index contributed by atoms with van der Waals surface area (Å²) in [6, 6.07) is 0. The van der Waals surface area contributed by atoms with E-state index in [1.165, 1.54) is 14.2 Å². The van der Waals surface area contributed by atoms with Crippen molar-refractivity contribution in [3.05, 3.63) is 31.1 Å². The number of methoxy groups -OCH3 is 2. The van der Waals surface area contributed by atoms with Gasteiger partial charge in [-0.05, 0) is 31.1 Å². The molecule has 0 aromatic rings. The van der Waals surface area contributed by atoms with Gasteiger partial charge in [-0.25, -0.2) is 0 Å². The molecule has 5 nitrogen and oxygen atoms in total. The number of ketones is 1. The maximum Gasteiger partial charge on any atom is 0.316 e. The fraction of sp³-hybridized carbons (Fsp3) is 0.385. The molecule has 0 bridgehead atoms. The minimum atomic E-state index is -0.930. The van der Waals surface area contributed by atoms with Crippen LogP contribution in [0.5, 0.6) is 0 Å². The number of Topliss-reactive ketones (excluding diaryl/α,β-unsaturated/α-hetero) is 1. The molecular weight excluding hydrogens is 236 g/mol. The second kappa shape index (κ2) is 5.08. The molecule has 0 N–H and O–H groups in total. The van der Waals surface area contributed by atoms with Crippen molar-refractivity contribution in [2.75, 3.05) is 14.2 Å². The zero-order valence-corrected chi connectivity index (χ0v) is 10.1. The summed E-state index contributed by atoms with van der Waals surface area (Å²) in [6.45, 7) is 0. The Morgan fingerprint density at radius 2 is 1.94 bits per heavy atom. The van der Waals surface area contributed by atoms with Crippen LogP contribution in [0.3, 0.4) is 0 Å². The molecule has 95 valence electrons. The first-order chi connectivity index (χ1) is 8.60. The summed E-state index contributed by atoms with van der Waals surface area (Å²) in [6.07, 6.45) is 5.15. The molecule has 2 aliphatic rings. The summed E-state index contributed by atoms with van der Waals surface area (Å²) in [5.41, 5.74) is 0. The summed E-state index contributed by atoms with van der Waals surface area (Å²) in [7, 11) is 2.51. The highest BCUT2D eigenvalue weighted by molar-refractivity contribution is 6.14. The van der Waals surface area contributed by atoms with Crippen LogP contribution in [-0.2, 0) is 23.9 Å². The Bertz CT molecular complexity index is 376. The average molecular weight is 249 g/mol. The minimum absolute atomic E-state index is 0.000972. The molecule has 0 spiro atoms. The zero-order chi connectivity index (χ0) is 13.3. The van der Waals surface area contributed by atoms with Gasteiger partial charge in [-0.2, -0.15) is 0 Å². The topological polar surface area (TPSA) is 69.7 Å². The third kappa shape index (κ3) is 2.02. The number of hydrogen-bond acceptors (Lipinski definition) is 5. The van der Waals surface area contributed by atoms with Gasteiger partial charge in [0, 0.05) is 0 Å². The van der Waals surface area contributed by atoms with Crippen molar-refractivity contribution in [3.63, 3.8) is 0 Å². The number of carbonyl (C=O) groups excluding carboxylic acids is 3. The van der Waals surface area contributed by atoms with Crippen LogP contribution in [0, 0.1) is 42.9 Å². The molecule has 5 radical (unpaired) electrons. The van der Waals surface area contributed by atoms with Gasteiger partial charge in [0.15, 0.2) is 5.78 Å². The van der Waals surface area contributed by atoms with E-state index in [2.05, 4.69) is 9.47 Å². The number of fused-ring (bicyclic) bond motifs is 1. The molecule has 2 rings (SSSR count). The molecule has 2 atom stereocenters. The molecule has 2 aliphatic carbocycles. The quantitative estimate of drug-likeness (QED) is 0.532. The number of ether oxygens (including phenoxy) is 2. The molecule has 18 heavy (non-hydrogen) atoms. The van der Waals surface area contributed by atoms with Crippen molar-refractivity contribution in [1.82, 2.24) is 0 Å². The molecule has 0 aromatic heterocycles. The second-order valence-corrected chi connectivity index (χ2v) is 4.15. The van der Waals surface area contributed by atoms with Crippen molar-refractivity contribution < 1.29 is 23.9 Å². The average Bonchev–Trinajstić information content (AvgIpc) is 2.93. The maximum absolute atomic E-state index is 12.1. The van der Waals surface area contributed by atoms with E-state index < -0.39 is 23.8 Å². The number of rotatable bonds is 3. The Balaban J connectivity index is 2.22. The van der Waals surface area contributed by atoms with Crippen molar-refractivity contribution >= 4 is 17.7 Å². The van der Waals surface area contributed by atoms with Crippen LogP contribution < -0.4 is 0 Å². The third-order valence-electron chi connectivity index (χ3n) is 3.27. The highest BCUT2D eigenvalue weighted by atomic mass is 16.5. The zero-order valence-electron chi connectivity index (χ0n) is 10.1. The van der Waals surface area contributed by atoms with Crippen molar-refractivity contribution in [2.45, 2.75) is 6.42 Å². The Morgan fingerprint density at radius 3 is 2.56 bits per heavy atom. The largest absolute Gasteiger partial charge is 0.469 e. The van der Waals surface area contributed by atoms with Gasteiger partial charge in [-0.15, -0.1) is 0 Å². The van der Waals surface area contributed by atoms with E-state index in [4.69, 9.17) is 0 Å². The molecule has 1 unspecified atom stereocenters. The fourth-order valence-electron chi connectivity index (χ4n) is 2.40. The fourth-order valence-corrected chi connectivity index (χ4v) is 2.40. The number of esters is 2. The summed E-state index contributed by atoms with van der Waals surface area (Å²) < 4.78 is 9.24. The van der Waals surface area contributed by atoms with Gasteiger partial charge in [0.05, 0.1) is 26.6 Å². The van der Waals surface area contributed by atoms with E-state index in [9.17, 15) is 14.4 Å². The third-order valence-corrected chi connectivity index (χ3v) is 3.27. The first-order valence-electron chi connectivity index (χ1n) is 5.54. The van der Waals surface area contributed by atoms with Crippen molar-refractivity contribution in [2.24, 2.45) is 11.8 Å². The molecule has 0 amide bonds. The van der Waals surface area contributed by atoms with Crippen LogP contribution >= 0.6 is 0 Å². The highest BCUT2D eigenvalue weighted by Crippen LogP contribution is 2.51. The van der Waals surface area contributed by atoms with Crippen LogP contribution in [0.1, 0.15) is 6.42 Å². The molecule has 0 aliphatic heterocycles. The van der Waals surface area contributed by atoms with Gasteiger partial charge >= 0.3 is 11.9 Å². The number of carbonyl (C=O) groups is 3. The predicted molar refractivity (Wildman–Crippen MR) is 60.0 cm³/mol. The number of hydrogen-bond donors (Lipinski definition) is 0. The lowest BCUT2D eigenvalue weighted by molar-refractivity contribution is -0.150. The Kier molecular flexibility index (Phi) is 3.68. The van der Waals surface area contributed by atoms with E-state index in [1.807, 2.05) is 0 Å². The highest BCUT2D eigenvalue weighted by Gasteiger charge is 2.56. The van der Waals surface area contributed by atoms with Gasteiger partial charge in [-0.1, -0.05) is 0 Å². The van der Waals surface area contributed by atoms with Crippen LogP contribution in [-0.4, -0.2) is 31.9 Å². The van der Waals surface area contributed by atoms with Gasteiger partial charge in [0.1, 0.15) is 5.92 Å². The van der Waals surface area contributed by atoms with Gasteiger partial charge < -0.3 is 9.47 Å².